The highest BCUT2D eigenvalue weighted by Gasteiger charge is 2.81. The highest BCUT2D eigenvalue weighted by Crippen LogP contribution is 2.66. The van der Waals surface area contributed by atoms with E-state index in [4.69, 9.17) is 4.74 Å². The Bertz CT molecular complexity index is 2130. The van der Waals surface area contributed by atoms with Crippen molar-refractivity contribution in [3.05, 3.63) is 114 Å². The molecule has 54 heavy (non-hydrogen) atoms. The van der Waals surface area contributed by atoms with E-state index in [1.165, 1.54) is 19.9 Å². The molecule has 0 N–H and O–H groups in total. The largest absolute Gasteiger partial charge is 0.501 e. The van der Waals surface area contributed by atoms with Crippen LogP contribution in [-0.4, -0.2) is 41.0 Å². The number of rotatable bonds is 9. The number of ether oxygens (including phenoxy) is 1. The summed E-state index contributed by atoms with van der Waals surface area (Å²) in [6.07, 6.45) is 10.7. The molecule has 2 heterocycles. The zero-order chi connectivity index (χ0) is 40.2. The minimum atomic E-state index is -5.75. The lowest BCUT2D eigenvalue weighted by molar-refractivity contribution is -0.254. The van der Waals surface area contributed by atoms with Gasteiger partial charge in [0.15, 0.2) is 0 Å². The molecule has 3 aliphatic rings. The lowest BCUT2D eigenvalue weighted by Crippen LogP contribution is -2.48. The molecule has 0 bridgehead atoms. The van der Waals surface area contributed by atoms with Crippen molar-refractivity contribution >= 4 is 45.0 Å². The highest BCUT2D eigenvalue weighted by molar-refractivity contribution is 7.15. The maximum Gasteiger partial charge on any atom is 0.412 e. The van der Waals surface area contributed by atoms with E-state index in [0.717, 1.165) is 22.8 Å². The van der Waals surface area contributed by atoms with Gasteiger partial charge < -0.3 is 4.74 Å². The second-order valence-electron chi connectivity index (χ2n) is 13.9. The summed E-state index contributed by atoms with van der Waals surface area (Å²) in [6, 6.07) is 0. The minimum absolute atomic E-state index is 0.103. The van der Waals surface area contributed by atoms with E-state index in [9.17, 15) is 13.2 Å². The number of aromatic nitrogens is 2. The van der Waals surface area contributed by atoms with Gasteiger partial charge in [0.25, 0.3) is 0 Å². The average molecular weight is 799 g/mol. The molecule has 5 rings (SSSR count). The standard InChI is InChI=1S/C40H39F9N2OS2/c1-21(22(2)11-12-24(4)52-8)9-10-23(3)34-50-25(5)32(53-34)30-31(38(43,44)40(48,49)37(30,41)42)33-26(6)51-35(54-33)27-17-19-36(7,20-18-27)28-13-15-29(16-14-28)39(45,46)47/h9-13,15,17-19H,14,16,20H2,1-8H3/b21-9+,22-11+,23-10+,24-12+. The van der Waals surface area contributed by atoms with Crippen LogP contribution in [-0.2, 0) is 4.74 Å². The molecular weight excluding hydrogens is 760 g/mol. The molecule has 1 atom stereocenters. The molecule has 0 saturated heterocycles. The number of hydrogen-bond donors (Lipinski definition) is 0. The lowest BCUT2D eigenvalue weighted by atomic mass is 9.72. The highest BCUT2D eigenvalue weighted by atomic mass is 32.1. The third kappa shape index (κ3) is 7.39. The van der Waals surface area contributed by atoms with Crippen LogP contribution in [0.1, 0.15) is 85.0 Å². The molecule has 14 heteroatoms. The van der Waals surface area contributed by atoms with Gasteiger partial charge in [0.05, 0.1) is 45.2 Å². The van der Waals surface area contributed by atoms with E-state index < -0.39 is 55.8 Å². The van der Waals surface area contributed by atoms with Gasteiger partial charge in [-0.25, -0.2) is 9.97 Å². The first-order valence-electron chi connectivity index (χ1n) is 16.9. The molecule has 0 saturated carbocycles. The first-order chi connectivity index (χ1) is 25.0. The minimum Gasteiger partial charge on any atom is -0.501 e. The van der Waals surface area contributed by atoms with Crippen LogP contribution in [0.15, 0.2) is 82.7 Å². The van der Waals surface area contributed by atoms with Crippen LogP contribution in [0.4, 0.5) is 39.5 Å². The predicted molar refractivity (Wildman–Crippen MR) is 199 cm³/mol. The summed E-state index contributed by atoms with van der Waals surface area (Å²) < 4.78 is 138. The van der Waals surface area contributed by atoms with Crippen LogP contribution in [0.5, 0.6) is 0 Å². The van der Waals surface area contributed by atoms with E-state index in [1.54, 1.807) is 57.4 Å². The van der Waals surface area contributed by atoms with Gasteiger partial charge in [0, 0.05) is 16.6 Å². The van der Waals surface area contributed by atoms with Crippen LogP contribution in [0, 0.1) is 19.3 Å². The van der Waals surface area contributed by atoms with Crippen LogP contribution in [0.2, 0.25) is 0 Å². The van der Waals surface area contributed by atoms with Gasteiger partial charge >= 0.3 is 23.9 Å². The Labute approximate surface area is 316 Å². The van der Waals surface area contributed by atoms with Crippen molar-refractivity contribution in [1.82, 2.24) is 9.97 Å². The first kappa shape index (κ1) is 41.3. The maximum atomic E-state index is 15.8. The lowest BCUT2D eigenvalue weighted by Gasteiger charge is -2.33. The fourth-order valence-corrected chi connectivity index (χ4v) is 8.56. The number of hydrogen-bond acceptors (Lipinski definition) is 5. The van der Waals surface area contributed by atoms with Gasteiger partial charge in [-0.15, -0.1) is 22.7 Å². The Kier molecular flexibility index (Phi) is 11.2. The third-order valence-corrected chi connectivity index (χ3v) is 12.6. The summed E-state index contributed by atoms with van der Waals surface area (Å²) in [7, 11) is 1.55. The number of methoxy groups -OCH3 is 1. The molecular formula is C40H39F9N2OS2. The van der Waals surface area contributed by atoms with Crippen LogP contribution in [0.25, 0.3) is 22.3 Å². The second-order valence-corrected chi connectivity index (χ2v) is 15.9. The smallest absolute Gasteiger partial charge is 0.412 e. The van der Waals surface area contributed by atoms with Gasteiger partial charge in [-0.05, 0) is 83.6 Å². The second kappa shape index (κ2) is 14.6. The number of halogens is 9. The van der Waals surface area contributed by atoms with Gasteiger partial charge in [-0.3, -0.25) is 0 Å². The predicted octanol–water partition coefficient (Wildman–Crippen LogP) is 13.5. The van der Waals surface area contributed by atoms with E-state index in [0.29, 0.717) is 46.0 Å². The van der Waals surface area contributed by atoms with E-state index in [-0.39, 0.29) is 34.2 Å². The molecule has 0 amide bonds. The number of allylic oxidation sites excluding steroid dienone is 18. The normalized spacial score (nSPS) is 23.5. The van der Waals surface area contributed by atoms with Crippen molar-refractivity contribution in [2.45, 2.75) is 91.7 Å². The number of nitrogens with zero attached hydrogens (tertiary/aromatic N) is 2. The Hall–Kier alpha value is -3.91. The third-order valence-electron chi connectivity index (χ3n) is 10.0. The summed E-state index contributed by atoms with van der Waals surface area (Å²) >= 11 is 1.24. The molecule has 3 nitrogen and oxygen atoms in total. The van der Waals surface area contributed by atoms with Gasteiger partial charge in [-0.1, -0.05) is 61.1 Å². The average Bonchev–Trinajstić information content (AvgIpc) is 3.71. The van der Waals surface area contributed by atoms with Crippen molar-refractivity contribution in [3.8, 4) is 0 Å². The summed E-state index contributed by atoms with van der Waals surface area (Å²) in [6.45, 7) is 11.7. The maximum absolute atomic E-state index is 15.8. The van der Waals surface area contributed by atoms with Gasteiger partial charge in [0.1, 0.15) is 10.0 Å². The quantitative estimate of drug-likeness (QED) is 0.144. The number of aryl methyl sites for hydroxylation is 2. The van der Waals surface area contributed by atoms with Gasteiger partial charge in [-0.2, -0.15) is 39.5 Å². The summed E-state index contributed by atoms with van der Waals surface area (Å²) in [5, 5.41) is 0.351. The van der Waals surface area contributed by atoms with Crippen molar-refractivity contribution in [1.29, 1.82) is 0 Å². The SMILES string of the molecule is CO/C(C)=C/C=C(C)/C(C)=C/C=C(\C)c1nc(C)c(C2=C(c3sc(C4=CCC(C)(C5=CC=C(C(F)(F)F)CC5)C=C4)nc3C)C(F)(F)C(F)(F)C2(F)F)s1. The van der Waals surface area contributed by atoms with Crippen molar-refractivity contribution in [2.75, 3.05) is 7.11 Å². The molecule has 0 aliphatic heterocycles. The topological polar surface area (TPSA) is 35.0 Å². The molecule has 0 aromatic carbocycles. The molecule has 0 spiro atoms. The Morgan fingerprint density at radius 1 is 0.796 bits per heavy atom. The fourth-order valence-electron chi connectivity index (χ4n) is 6.26. The molecule has 1 unspecified atom stereocenters. The Balaban J connectivity index is 1.53. The molecule has 290 valence electrons. The van der Waals surface area contributed by atoms with E-state index in [1.807, 2.05) is 26.8 Å². The zero-order valence-corrected chi connectivity index (χ0v) is 32.5. The Morgan fingerprint density at radius 3 is 1.89 bits per heavy atom. The zero-order valence-electron chi connectivity index (χ0n) is 30.8. The number of thiazole rings is 2. The van der Waals surface area contributed by atoms with Gasteiger partial charge in [0.2, 0.25) is 0 Å². The van der Waals surface area contributed by atoms with Crippen molar-refractivity contribution in [3.63, 3.8) is 0 Å². The number of alkyl halides is 9. The Morgan fingerprint density at radius 2 is 1.37 bits per heavy atom. The summed E-state index contributed by atoms with van der Waals surface area (Å²) in [4.78, 5) is 7.72. The molecule has 3 aliphatic carbocycles. The summed E-state index contributed by atoms with van der Waals surface area (Å²) in [5.41, 5.74) is -0.947. The fraction of sp³-hybridized carbons (Fsp3) is 0.400. The van der Waals surface area contributed by atoms with E-state index in [2.05, 4.69) is 9.97 Å². The molecule has 0 fully saturated rings. The molecule has 2 aromatic rings. The first-order valence-corrected chi connectivity index (χ1v) is 18.6. The summed E-state index contributed by atoms with van der Waals surface area (Å²) in [5.74, 6) is -15.6. The van der Waals surface area contributed by atoms with Crippen LogP contribution >= 0.6 is 22.7 Å². The van der Waals surface area contributed by atoms with Crippen LogP contribution in [0.3, 0.4) is 0 Å². The molecule has 0 radical (unpaired) electrons. The van der Waals surface area contributed by atoms with Crippen molar-refractivity contribution in [2.24, 2.45) is 5.41 Å². The van der Waals surface area contributed by atoms with Crippen LogP contribution < -0.4 is 0 Å². The van der Waals surface area contributed by atoms with E-state index >= 15 is 26.3 Å². The molecule has 2 aromatic heterocycles. The monoisotopic (exact) mass is 798 g/mol. The van der Waals surface area contributed by atoms with Crippen molar-refractivity contribution < 1.29 is 44.3 Å².